The largest absolute Gasteiger partial charge is 0.496 e. The van der Waals surface area contributed by atoms with Crippen molar-refractivity contribution < 1.29 is 4.74 Å². The first-order valence-corrected chi connectivity index (χ1v) is 11.5. The Hall–Kier alpha value is -2.40. The number of nitrogens with zero attached hydrogens (tertiary/aromatic N) is 5. The molecule has 0 radical (unpaired) electrons. The Bertz CT molecular complexity index is 1030. The molecule has 1 aliphatic rings. The fourth-order valence-corrected chi connectivity index (χ4v) is 4.28. The van der Waals surface area contributed by atoms with E-state index in [0.29, 0.717) is 6.54 Å². The Morgan fingerprint density at radius 2 is 1.88 bits per heavy atom. The number of hydrogen-bond donors (Lipinski definition) is 2. The molecule has 0 amide bonds. The molecule has 8 nitrogen and oxygen atoms in total. The average molecular weight is 563 g/mol. The van der Waals surface area contributed by atoms with Gasteiger partial charge in [0.25, 0.3) is 0 Å². The quantitative estimate of drug-likeness (QED) is 0.237. The van der Waals surface area contributed by atoms with Crippen LogP contribution in [0.4, 0.5) is 0 Å². The van der Waals surface area contributed by atoms with Crippen LogP contribution in [0.25, 0.3) is 5.65 Å². The fraction of sp³-hybridized carbons (Fsp3) is 0.458. The minimum absolute atomic E-state index is 0. The molecule has 1 atom stereocenters. The van der Waals surface area contributed by atoms with Crippen LogP contribution in [-0.4, -0.2) is 65.3 Å². The highest BCUT2D eigenvalue weighted by molar-refractivity contribution is 14.0. The molecule has 0 bridgehead atoms. The van der Waals surface area contributed by atoms with Gasteiger partial charge in [-0.1, -0.05) is 24.3 Å². The van der Waals surface area contributed by atoms with E-state index in [0.717, 1.165) is 55.8 Å². The molecule has 1 aliphatic heterocycles. The normalized spacial score (nSPS) is 15.3. The first kappa shape index (κ1) is 25.2. The molecule has 2 aromatic heterocycles. The molecule has 178 valence electrons. The number of para-hydroxylation sites is 1. The monoisotopic (exact) mass is 563 g/mol. The van der Waals surface area contributed by atoms with Gasteiger partial charge < -0.3 is 15.4 Å². The number of methoxy groups -OCH3 is 1. The zero-order valence-corrected chi connectivity index (χ0v) is 21.7. The van der Waals surface area contributed by atoms with Crippen LogP contribution in [0.2, 0.25) is 0 Å². The zero-order chi connectivity index (χ0) is 22.2. The molecular formula is C24H34IN7O. The fourth-order valence-electron chi connectivity index (χ4n) is 4.28. The summed E-state index contributed by atoms with van der Waals surface area (Å²) in [5, 5.41) is 15.4. The van der Waals surface area contributed by atoms with Crippen LogP contribution in [-0.2, 0) is 6.42 Å². The first-order valence-electron chi connectivity index (χ1n) is 11.5. The molecular weight excluding hydrogens is 529 g/mol. The van der Waals surface area contributed by atoms with Crippen molar-refractivity contribution in [2.24, 2.45) is 4.99 Å². The molecule has 1 unspecified atom stereocenters. The molecule has 4 rings (SSSR count). The highest BCUT2D eigenvalue weighted by atomic mass is 127. The van der Waals surface area contributed by atoms with Crippen molar-refractivity contribution in [2.45, 2.75) is 32.2 Å². The Kier molecular flexibility index (Phi) is 9.74. The molecule has 3 heterocycles. The van der Waals surface area contributed by atoms with Gasteiger partial charge in [0.05, 0.1) is 19.7 Å². The number of guanidine groups is 1. The van der Waals surface area contributed by atoms with Crippen molar-refractivity contribution in [1.82, 2.24) is 30.1 Å². The summed E-state index contributed by atoms with van der Waals surface area (Å²) in [7, 11) is 1.74. The van der Waals surface area contributed by atoms with Crippen LogP contribution in [0.1, 0.15) is 37.2 Å². The van der Waals surface area contributed by atoms with Crippen LogP contribution >= 0.6 is 24.0 Å². The lowest BCUT2D eigenvalue weighted by Gasteiger charge is -2.28. The van der Waals surface area contributed by atoms with Gasteiger partial charge in [-0.2, -0.15) is 0 Å². The van der Waals surface area contributed by atoms with Crippen molar-refractivity contribution in [1.29, 1.82) is 0 Å². The van der Waals surface area contributed by atoms with Gasteiger partial charge in [0, 0.05) is 31.3 Å². The first-order chi connectivity index (χ1) is 15.8. The van der Waals surface area contributed by atoms with Crippen molar-refractivity contribution >= 4 is 35.6 Å². The van der Waals surface area contributed by atoms with Crippen molar-refractivity contribution in [3.63, 3.8) is 0 Å². The average Bonchev–Trinajstić information content (AvgIpc) is 3.50. The molecule has 33 heavy (non-hydrogen) atoms. The Morgan fingerprint density at radius 1 is 1.09 bits per heavy atom. The van der Waals surface area contributed by atoms with Crippen molar-refractivity contribution in [3.8, 4) is 5.75 Å². The van der Waals surface area contributed by atoms with Crippen LogP contribution in [0.5, 0.6) is 5.75 Å². The Morgan fingerprint density at radius 3 is 2.67 bits per heavy atom. The number of halogens is 1. The molecule has 2 N–H and O–H groups in total. The topological polar surface area (TPSA) is 79.1 Å². The van der Waals surface area contributed by atoms with Gasteiger partial charge in [-0.3, -0.25) is 14.3 Å². The standard InChI is InChI=1S/C24H33N7O.HI/c1-3-25-24(26-14-13-23-29-28-22-12-6-7-17-31(22)23)27-18-20(30-15-8-9-16-30)19-10-4-5-11-21(19)32-2;/h4-7,10-12,17,20H,3,8-9,13-16,18H2,1-2H3,(H2,25,26,27);1H. The maximum absolute atomic E-state index is 5.66. The second kappa shape index (κ2) is 12.7. The van der Waals surface area contributed by atoms with Gasteiger partial charge >= 0.3 is 0 Å². The number of nitrogens with one attached hydrogen (secondary N) is 2. The van der Waals surface area contributed by atoms with E-state index in [2.05, 4.69) is 44.8 Å². The Balaban J connectivity index is 0.00000306. The number of aliphatic imine (C=N–C) groups is 1. The van der Waals surface area contributed by atoms with Crippen LogP contribution in [0, 0.1) is 0 Å². The number of rotatable bonds is 9. The smallest absolute Gasteiger partial charge is 0.191 e. The van der Waals surface area contributed by atoms with E-state index in [9.17, 15) is 0 Å². The third-order valence-electron chi connectivity index (χ3n) is 5.87. The highest BCUT2D eigenvalue weighted by Gasteiger charge is 2.25. The highest BCUT2D eigenvalue weighted by Crippen LogP contribution is 2.31. The number of pyridine rings is 1. The number of aromatic nitrogens is 3. The van der Waals surface area contributed by atoms with Crippen LogP contribution in [0.3, 0.4) is 0 Å². The molecule has 0 spiro atoms. The summed E-state index contributed by atoms with van der Waals surface area (Å²) in [6.45, 7) is 6.49. The summed E-state index contributed by atoms with van der Waals surface area (Å²) < 4.78 is 7.68. The molecule has 9 heteroatoms. The molecule has 3 aromatic rings. The van der Waals surface area contributed by atoms with E-state index in [-0.39, 0.29) is 30.0 Å². The lowest BCUT2D eigenvalue weighted by atomic mass is 10.0. The molecule has 0 aliphatic carbocycles. The summed E-state index contributed by atoms with van der Waals surface area (Å²) >= 11 is 0. The van der Waals surface area contributed by atoms with Crippen molar-refractivity contribution in [2.75, 3.05) is 39.8 Å². The summed E-state index contributed by atoms with van der Waals surface area (Å²) in [6, 6.07) is 14.4. The van der Waals surface area contributed by atoms with Crippen LogP contribution < -0.4 is 15.4 Å². The van der Waals surface area contributed by atoms with Gasteiger partial charge in [0.2, 0.25) is 0 Å². The number of likely N-dealkylation sites (tertiary alicyclic amines) is 1. The lowest BCUT2D eigenvalue weighted by molar-refractivity contribution is 0.245. The number of ether oxygens (including phenoxy) is 1. The second-order valence-corrected chi connectivity index (χ2v) is 7.94. The van der Waals surface area contributed by atoms with Gasteiger partial charge in [-0.25, -0.2) is 0 Å². The van der Waals surface area contributed by atoms with Gasteiger partial charge in [0.15, 0.2) is 11.6 Å². The summed E-state index contributed by atoms with van der Waals surface area (Å²) in [5.41, 5.74) is 2.07. The maximum atomic E-state index is 5.66. The van der Waals surface area contributed by atoms with Gasteiger partial charge in [-0.15, -0.1) is 34.2 Å². The summed E-state index contributed by atoms with van der Waals surface area (Å²) in [5.74, 6) is 2.68. The number of hydrogen-bond acceptors (Lipinski definition) is 5. The Labute approximate surface area is 212 Å². The van der Waals surface area contributed by atoms with Gasteiger partial charge in [-0.05, 0) is 51.1 Å². The van der Waals surface area contributed by atoms with Crippen LogP contribution in [0.15, 0.2) is 53.7 Å². The van der Waals surface area contributed by atoms with E-state index in [1.165, 1.54) is 18.4 Å². The number of fused-ring (bicyclic) bond motifs is 1. The van der Waals surface area contributed by atoms with E-state index in [1.807, 2.05) is 40.9 Å². The van der Waals surface area contributed by atoms with E-state index < -0.39 is 0 Å². The molecule has 1 saturated heterocycles. The van der Waals surface area contributed by atoms with E-state index in [4.69, 9.17) is 9.73 Å². The predicted molar refractivity (Wildman–Crippen MR) is 143 cm³/mol. The predicted octanol–water partition coefficient (Wildman–Crippen LogP) is 3.29. The zero-order valence-electron chi connectivity index (χ0n) is 19.4. The minimum Gasteiger partial charge on any atom is -0.496 e. The second-order valence-electron chi connectivity index (χ2n) is 7.94. The lowest BCUT2D eigenvalue weighted by Crippen LogP contribution is -2.39. The maximum Gasteiger partial charge on any atom is 0.191 e. The molecule has 1 aromatic carbocycles. The number of benzene rings is 1. The molecule has 0 saturated carbocycles. The van der Waals surface area contributed by atoms with E-state index in [1.54, 1.807) is 7.11 Å². The minimum atomic E-state index is 0. The third-order valence-corrected chi connectivity index (χ3v) is 5.87. The summed E-state index contributed by atoms with van der Waals surface area (Å²) in [4.78, 5) is 7.47. The molecule has 1 fully saturated rings. The van der Waals surface area contributed by atoms with Gasteiger partial charge in [0.1, 0.15) is 11.6 Å². The van der Waals surface area contributed by atoms with E-state index >= 15 is 0 Å². The third kappa shape index (κ3) is 6.35. The SMILES string of the molecule is CCNC(=NCC(c1ccccc1OC)N1CCCC1)NCCc1nnc2ccccn12.I. The van der Waals surface area contributed by atoms with Crippen molar-refractivity contribution in [3.05, 3.63) is 60.0 Å². The summed E-state index contributed by atoms with van der Waals surface area (Å²) in [6.07, 6.45) is 5.23.